The average Bonchev–Trinajstić information content (AvgIpc) is 1.54. The topological polar surface area (TPSA) is 33.5 Å². The van der Waals surface area contributed by atoms with Crippen molar-refractivity contribution in [2.24, 2.45) is 0 Å². The van der Waals surface area contributed by atoms with Crippen molar-refractivity contribution >= 4 is 76.1 Å². The molecule has 0 aliphatic carbocycles. The number of rotatable bonds is 8. The summed E-state index contributed by atoms with van der Waals surface area (Å²) >= 11 is 1.79. The Balaban J connectivity index is 0.00000816. The van der Waals surface area contributed by atoms with Crippen LogP contribution in [0.2, 0.25) is 0 Å². The van der Waals surface area contributed by atoms with Gasteiger partial charge >= 0.3 is 0 Å². The zero-order valence-electron chi connectivity index (χ0n) is 57.2. The van der Waals surface area contributed by atoms with Gasteiger partial charge in [-0.15, -0.1) is 64.5 Å². The van der Waals surface area contributed by atoms with E-state index in [-0.39, 0.29) is 59.5 Å². The summed E-state index contributed by atoms with van der Waals surface area (Å²) in [6.07, 6.45) is 1.89. The number of hydrogen-bond donors (Lipinski definition) is 0. The van der Waals surface area contributed by atoms with E-state index in [0.29, 0.717) is 17.0 Å². The number of pyridine rings is 1. The van der Waals surface area contributed by atoms with Crippen molar-refractivity contribution in [1.29, 1.82) is 0 Å². The molecule has 454 valence electrons. The summed E-state index contributed by atoms with van der Waals surface area (Å²) in [6, 6.07) is 68.6. The standard InChI is InChI=1S/C82H81N4OS.Pt/c1-50-40-66(52-26-30-55(31-27-52)78(3,4)5)76(67(41-50)53-28-32-56(33-29-53)79(6,7)8)85-49-84(68-23-19-20-24-69(68)85)60-46-65(54-42-58(81(12,13)14)44-59(43-54)82(15,16)17)51(2)72(47-60)87-61-34-35-64-71(48-61)86(74-45-57(38-39-83-74)80(9,10)11)70-37-36-63-62-22-18-21-25-73(62)88-77(63)75(64)70;/h18-46,49H,1-17H3;/q-3;/i2D3;. The fraction of sp³-hybridized carbons (Fsp3) is 0.268. The largest absolute Gasteiger partial charge is 0.509 e. The molecular weight excluding hydrogens is 1280 g/mol. The molecule has 7 heteroatoms. The number of aromatic nitrogens is 2. The quantitative estimate of drug-likeness (QED) is 0.142. The molecule has 0 spiro atoms. The first-order valence-corrected chi connectivity index (χ1v) is 31.7. The molecule has 89 heavy (non-hydrogen) atoms. The third-order valence-corrected chi connectivity index (χ3v) is 18.9. The zero-order chi connectivity index (χ0) is 64.6. The first-order valence-electron chi connectivity index (χ1n) is 32.4. The van der Waals surface area contributed by atoms with Crippen molar-refractivity contribution in [2.75, 3.05) is 9.80 Å². The van der Waals surface area contributed by atoms with E-state index in [1.54, 1.807) is 11.3 Å². The van der Waals surface area contributed by atoms with Gasteiger partial charge in [0.1, 0.15) is 5.82 Å². The molecular formula is C82H81N4OPtS-3. The Hall–Kier alpha value is -7.76. The van der Waals surface area contributed by atoms with Gasteiger partial charge in [0.2, 0.25) is 0 Å². The minimum absolute atomic E-state index is 0. The minimum atomic E-state index is -2.67. The summed E-state index contributed by atoms with van der Waals surface area (Å²) < 4.78 is 40.7. The number of benzene rings is 9. The fourth-order valence-corrected chi connectivity index (χ4v) is 13.7. The Bertz CT molecular complexity index is 4730. The van der Waals surface area contributed by atoms with Gasteiger partial charge in [0.15, 0.2) is 0 Å². The summed E-state index contributed by atoms with van der Waals surface area (Å²) in [6.45, 7) is 35.1. The molecule has 4 heterocycles. The van der Waals surface area contributed by atoms with E-state index in [1.165, 1.54) is 31.3 Å². The van der Waals surface area contributed by atoms with Gasteiger partial charge in [-0.1, -0.05) is 219 Å². The summed E-state index contributed by atoms with van der Waals surface area (Å²) in [5.74, 6) is 1.18. The van der Waals surface area contributed by atoms with Gasteiger partial charge in [-0.3, -0.25) is 0 Å². The number of anilines is 4. The normalized spacial score (nSPS) is 13.9. The zero-order valence-corrected chi connectivity index (χ0v) is 57.3. The van der Waals surface area contributed by atoms with Gasteiger partial charge in [0.05, 0.1) is 0 Å². The van der Waals surface area contributed by atoms with Gasteiger partial charge < -0.3 is 19.1 Å². The van der Waals surface area contributed by atoms with E-state index >= 15 is 0 Å². The van der Waals surface area contributed by atoms with E-state index in [1.807, 2.05) is 18.3 Å². The SMILES string of the molecule is [2H]C([2H])([2H])c1c(Oc2[c-]c3c(cc2)c2c4sc5ccccc5c4ccc2n3-c2cc(C(C)(C)C)ccn2)[c-]c(N2[CH-]N(c3c(-c4ccc(C(C)(C)C)cc4)cc(C)cc3-c3ccc(C(C)(C)C)cc3)c3ccccc32)cc1-c1cc(C(C)(C)C)cc(C(C)(C)C)c1.[Pt]. The van der Waals surface area contributed by atoms with Crippen LogP contribution in [-0.2, 0) is 48.1 Å². The molecule has 0 N–H and O–H groups in total. The number of thiophene rings is 1. The van der Waals surface area contributed by atoms with Crippen molar-refractivity contribution in [3.05, 3.63) is 234 Å². The van der Waals surface area contributed by atoms with Gasteiger partial charge in [0, 0.05) is 96.8 Å². The second kappa shape index (κ2) is 22.3. The number of aryl methyl sites for hydroxylation is 1. The number of fused-ring (bicyclic) bond motifs is 8. The molecule has 0 fully saturated rings. The van der Waals surface area contributed by atoms with E-state index in [0.717, 1.165) is 94.8 Å². The maximum Gasteiger partial charge on any atom is 0.135 e. The molecule has 1 aliphatic heterocycles. The molecule has 0 saturated heterocycles. The van der Waals surface area contributed by atoms with E-state index < -0.39 is 6.85 Å². The number of para-hydroxylation sites is 2. The van der Waals surface area contributed by atoms with Crippen LogP contribution in [0, 0.1) is 32.6 Å². The van der Waals surface area contributed by atoms with Crippen molar-refractivity contribution < 1.29 is 29.9 Å². The Morgan fingerprint density at radius 1 is 0.506 bits per heavy atom. The van der Waals surface area contributed by atoms with Crippen molar-refractivity contribution in [1.82, 2.24) is 9.55 Å². The van der Waals surface area contributed by atoms with Crippen LogP contribution in [0.15, 0.2) is 176 Å². The van der Waals surface area contributed by atoms with Gasteiger partial charge in [-0.25, -0.2) is 4.98 Å². The van der Waals surface area contributed by atoms with Crippen molar-refractivity contribution in [2.45, 2.75) is 145 Å². The summed E-state index contributed by atoms with van der Waals surface area (Å²) in [5.41, 5.74) is 17.2. The molecule has 3 aromatic heterocycles. The number of nitrogens with zero attached hydrogens (tertiary/aromatic N) is 4. The van der Waals surface area contributed by atoms with Gasteiger partial charge in [0.25, 0.3) is 0 Å². The first kappa shape index (κ1) is 57.7. The fourth-order valence-electron chi connectivity index (χ4n) is 12.5. The smallest absolute Gasteiger partial charge is 0.135 e. The Labute approximate surface area is 550 Å². The second-order valence-electron chi connectivity index (χ2n) is 29.4. The van der Waals surface area contributed by atoms with E-state index in [4.69, 9.17) is 9.72 Å². The van der Waals surface area contributed by atoms with Gasteiger partial charge in [-0.05, 0) is 138 Å². The van der Waals surface area contributed by atoms with Crippen LogP contribution in [0.1, 0.15) is 147 Å². The Morgan fingerprint density at radius 3 is 1.65 bits per heavy atom. The molecule has 5 nitrogen and oxygen atoms in total. The molecule has 9 aromatic carbocycles. The van der Waals surface area contributed by atoms with Crippen LogP contribution in [0.3, 0.4) is 0 Å². The Kier molecular flexibility index (Phi) is 14.5. The maximum absolute atomic E-state index is 9.61. The molecule has 0 unspecified atom stereocenters. The Morgan fingerprint density at radius 2 is 1.07 bits per heavy atom. The summed E-state index contributed by atoms with van der Waals surface area (Å²) in [5, 5.41) is 4.49. The average molecular weight is 1370 g/mol. The molecule has 0 amide bonds. The van der Waals surface area contributed by atoms with Crippen molar-refractivity contribution in [3.63, 3.8) is 0 Å². The number of hydrogen-bond acceptors (Lipinski definition) is 5. The third kappa shape index (κ3) is 11.3. The monoisotopic (exact) mass is 1370 g/mol. The maximum atomic E-state index is 9.61. The first-order chi connectivity index (χ1) is 42.8. The van der Waals surface area contributed by atoms with Crippen LogP contribution in [-0.4, -0.2) is 9.55 Å². The molecule has 1 aliphatic rings. The predicted molar refractivity (Wildman–Crippen MR) is 376 cm³/mol. The van der Waals surface area contributed by atoms with Crippen molar-refractivity contribution in [3.8, 4) is 50.7 Å². The molecule has 0 saturated carbocycles. The minimum Gasteiger partial charge on any atom is -0.509 e. The van der Waals surface area contributed by atoms with Crippen LogP contribution in [0.5, 0.6) is 11.5 Å². The molecule has 12 aromatic rings. The van der Waals surface area contributed by atoms with Gasteiger partial charge in [-0.2, -0.15) is 6.07 Å². The van der Waals surface area contributed by atoms with E-state index in [9.17, 15) is 4.11 Å². The third-order valence-electron chi connectivity index (χ3n) is 17.7. The predicted octanol–water partition coefficient (Wildman–Crippen LogP) is 23.5. The van der Waals surface area contributed by atoms with Crippen LogP contribution in [0.25, 0.3) is 81.2 Å². The second-order valence-corrected chi connectivity index (χ2v) is 30.4. The van der Waals surface area contributed by atoms with Crippen LogP contribution in [0.4, 0.5) is 22.7 Å². The van der Waals surface area contributed by atoms with E-state index in [2.05, 4.69) is 302 Å². The van der Waals surface area contributed by atoms with Crippen LogP contribution < -0.4 is 14.5 Å². The summed E-state index contributed by atoms with van der Waals surface area (Å²) in [4.78, 5) is 9.53. The molecule has 0 bridgehead atoms. The molecule has 0 atom stereocenters. The summed E-state index contributed by atoms with van der Waals surface area (Å²) in [7, 11) is 0. The van der Waals surface area contributed by atoms with Crippen LogP contribution >= 0.6 is 11.3 Å². The number of ether oxygens (including phenoxy) is 1. The molecule has 0 radical (unpaired) electrons. The molecule has 13 rings (SSSR count).